The van der Waals surface area contributed by atoms with Gasteiger partial charge in [-0.25, -0.2) is 0 Å². The number of hydrogen-bond donors (Lipinski definition) is 0. The van der Waals surface area contributed by atoms with Crippen molar-refractivity contribution in [3.05, 3.63) is 0 Å². The first-order valence-corrected chi connectivity index (χ1v) is 5.21. The summed E-state index contributed by atoms with van der Waals surface area (Å²) in [5.74, 6) is 0. The summed E-state index contributed by atoms with van der Waals surface area (Å²) in [6, 6.07) is 0. The molecule has 1 aliphatic rings. The molecule has 1 saturated heterocycles. The van der Waals surface area contributed by atoms with Crippen LogP contribution in [0, 0.1) is 0 Å². The summed E-state index contributed by atoms with van der Waals surface area (Å²) in [4.78, 5) is 4.86. The molecule has 0 radical (unpaired) electrons. The maximum Gasteiger partial charge on any atom is 0.0354 e. The Morgan fingerprint density at radius 1 is 1.15 bits per heavy atom. The standard InChI is InChI=1S/C11H24N2/c1-10(2)11(3,12(4)5)8-7-9-13(10)6/h7-9H2,1-6H3. The van der Waals surface area contributed by atoms with Crippen LogP contribution >= 0.6 is 0 Å². The van der Waals surface area contributed by atoms with E-state index in [2.05, 4.69) is 51.7 Å². The Bertz CT molecular complexity index is 187. The van der Waals surface area contributed by atoms with E-state index in [1.165, 1.54) is 19.4 Å². The molecule has 78 valence electrons. The molecule has 1 fully saturated rings. The van der Waals surface area contributed by atoms with Gasteiger partial charge >= 0.3 is 0 Å². The van der Waals surface area contributed by atoms with Crippen molar-refractivity contribution in [2.75, 3.05) is 27.7 Å². The lowest BCUT2D eigenvalue weighted by atomic mass is 9.72. The van der Waals surface area contributed by atoms with Crippen molar-refractivity contribution in [2.24, 2.45) is 0 Å². The van der Waals surface area contributed by atoms with Gasteiger partial charge in [0.05, 0.1) is 0 Å². The first-order valence-electron chi connectivity index (χ1n) is 5.21. The first kappa shape index (κ1) is 11.0. The van der Waals surface area contributed by atoms with Gasteiger partial charge in [0.25, 0.3) is 0 Å². The van der Waals surface area contributed by atoms with Crippen molar-refractivity contribution in [2.45, 2.75) is 44.7 Å². The molecule has 13 heavy (non-hydrogen) atoms. The Morgan fingerprint density at radius 2 is 1.69 bits per heavy atom. The molecule has 1 heterocycles. The first-order chi connectivity index (χ1) is 5.82. The van der Waals surface area contributed by atoms with Crippen LogP contribution in [-0.2, 0) is 0 Å². The molecule has 2 nitrogen and oxygen atoms in total. The highest BCUT2D eigenvalue weighted by Crippen LogP contribution is 2.38. The van der Waals surface area contributed by atoms with Gasteiger partial charge in [-0.1, -0.05) is 0 Å². The quantitative estimate of drug-likeness (QED) is 0.613. The number of hydrogen-bond acceptors (Lipinski definition) is 2. The third-order valence-electron chi connectivity index (χ3n) is 4.42. The van der Waals surface area contributed by atoms with Gasteiger partial charge in [-0.05, 0) is 61.3 Å². The van der Waals surface area contributed by atoms with Crippen molar-refractivity contribution in [3.8, 4) is 0 Å². The van der Waals surface area contributed by atoms with Crippen molar-refractivity contribution in [3.63, 3.8) is 0 Å². The number of likely N-dealkylation sites (tertiary alicyclic amines) is 1. The SMILES string of the molecule is CN1CCCC(C)(N(C)C)C1(C)C. The number of nitrogens with zero attached hydrogens (tertiary/aromatic N) is 2. The molecule has 1 atom stereocenters. The van der Waals surface area contributed by atoms with Gasteiger partial charge in [-0.15, -0.1) is 0 Å². The summed E-state index contributed by atoms with van der Waals surface area (Å²) in [5, 5.41) is 0. The fourth-order valence-corrected chi connectivity index (χ4v) is 2.43. The van der Waals surface area contributed by atoms with Crippen molar-refractivity contribution < 1.29 is 0 Å². The van der Waals surface area contributed by atoms with E-state index in [4.69, 9.17) is 0 Å². The van der Waals surface area contributed by atoms with Gasteiger partial charge in [0.2, 0.25) is 0 Å². The molecule has 0 saturated carbocycles. The minimum atomic E-state index is 0.273. The molecular formula is C11H24N2. The highest BCUT2D eigenvalue weighted by molar-refractivity contribution is 5.05. The molecule has 0 amide bonds. The Balaban J connectivity index is 2.95. The summed E-state index contributed by atoms with van der Waals surface area (Å²) in [6.45, 7) is 8.32. The predicted octanol–water partition coefficient (Wildman–Crippen LogP) is 1.81. The smallest absolute Gasteiger partial charge is 0.0354 e. The number of rotatable bonds is 1. The summed E-state index contributed by atoms with van der Waals surface area (Å²) in [7, 11) is 6.63. The normalized spacial score (nSPS) is 35.3. The summed E-state index contributed by atoms with van der Waals surface area (Å²) in [6.07, 6.45) is 2.62. The maximum atomic E-state index is 2.48. The molecule has 1 rings (SSSR count). The van der Waals surface area contributed by atoms with Crippen LogP contribution in [0.2, 0.25) is 0 Å². The molecule has 0 bridgehead atoms. The van der Waals surface area contributed by atoms with Crippen LogP contribution in [0.25, 0.3) is 0 Å². The third kappa shape index (κ3) is 1.50. The number of piperidine rings is 1. The molecule has 0 N–H and O–H groups in total. The minimum Gasteiger partial charge on any atom is -0.302 e. The zero-order valence-corrected chi connectivity index (χ0v) is 10.0. The highest BCUT2D eigenvalue weighted by atomic mass is 15.3. The second-order valence-electron chi connectivity index (χ2n) is 5.25. The molecule has 0 spiro atoms. The average Bonchev–Trinajstić information content (AvgIpc) is 2.00. The summed E-state index contributed by atoms with van der Waals surface area (Å²) in [5.41, 5.74) is 0.578. The van der Waals surface area contributed by atoms with Crippen LogP contribution in [0.5, 0.6) is 0 Å². The fraction of sp³-hybridized carbons (Fsp3) is 1.00. The van der Waals surface area contributed by atoms with E-state index < -0.39 is 0 Å². The molecule has 0 aromatic carbocycles. The Labute approximate surface area is 82.9 Å². The molecule has 0 aromatic heterocycles. The van der Waals surface area contributed by atoms with E-state index in [-0.39, 0.29) is 5.54 Å². The van der Waals surface area contributed by atoms with Crippen LogP contribution in [0.4, 0.5) is 0 Å². The van der Waals surface area contributed by atoms with Crippen molar-refractivity contribution in [1.29, 1.82) is 0 Å². The highest BCUT2D eigenvalue weighted by Gasteiger charge is 2.47. The van der Waals surface area contributed by atoms with Crippen LogP contribution in [-0.4, -0.2) is 48.6 Å². The van der Waals surface area contributed by atoms with Gasteiger partial charge in [0.15, 0.2) is 0 Å². The van der Waals surface area contributed by atoms with E-state index in [0.29, 0.717) is 5.54 Å². The Kier molecular flexibility index (Phi) is 2.75. The van der Waals surface area contributed by atoms with Crippen LogP contribution in [0.1, 0.15) is 33.6 Å². The van der Waals surface area contributed by atoms with Gasteiger partial charge in [0, 0.05) is 11.1 Å². The van der Waals surface area contributed by atoms with Gasteiger partial charge in [-0.2, -0.15) is 0 Å². The molecule has 0 aromatic rings. The molecule has 1 unspecified atom stereocenters. The fourth-order valence-electron chi connectivity index (χ4n) is 2.43. The minimum absolute atomic E-state index is 0.273. The lowest BCUT2D eigenvalue weighted by Gasteiger charge is -2.56. The molecule has 2 heteroatoms. The van der Waals surface area contributed by atoms with Gasteiger partial charge < -0.3 is 4.90 Å². The zero-order valence-electron chi connectivity index (χ0n) is 10.0. The van der Waals surface area contributed by atoms with Gasteiger partial charge in [-0.3, -0.25) is 4.90 Å². The lowest BCUT2D eigenvalue weighted by Crippen LogP contribution is -2.67. The van der Waals surface area contributed by atoms with Crippen molar-refractivity contribution in [1.82, 2.24) is 9.80 Å². The Morgan fingerprint density at radius 3 is 2.08 bits per heavy atom. The van der Waals surface area contributed by atoms with E-state index in [0.717, 1.165) is 0 Å². The topological polar surface area (TPSA) is 6.48 Å². The van der Waals surface area contributed by atoms with Crippen LogP contribution in [0.15, 0.2) is 0 Å². The van der Waals surface area contributed by atoms with Crippen LogP contribution < -0.4 is 0 Å². The second-order valence-corrected chi connectivity index (χ2v) is 5.25. The average molecular weight is 184 g/mol. The molecular weight excluding hydrogens is 160 g/mol. The largest absolute Gasteiger partial charge is 0.302 e. The number of likely N-dealkylation sites (N-methyl/N-ethyl adjacent to an activating group) is 2. The van der Waals surface area contributed by atoms with E-state index in [1.54, 1.807) is 0 Å². The summed E-state index contributed by atoms with van der Waals surface area (Å²) < 4.78 is 0. The zero-order chi connectivity index (χ0) is 10.3. The maximum absolute atomic E-state index is 2.48. The third-order valence-corrected chi connectivity index (χ3v) is 4.42. The monoisotopic (exact) mass is 184 g/mol. The van der Waals surface area contributed by atoms with E-state index in [1.807, 2.05) is 0 Å². The van der Waals surface area contributed by atoms with Crippen LogP contribution in [0.3, 0.4) is 0 Å². The van der Waals surface area contributed by atoms with Crippen molar-refractivity contribution >= 4 is 0 Å². The predicted molar refractivity (Wildman–Crippen MR) is 58.0 cm³/mol. The van der Waals surface area contributed by atoms with E-state index in [9.17, 15) is 0 Å². The molecule has 1 aliphatic heterocycles. The second kappa shape index (κ2) is 3.25. The Hall–Kier alpha value is -0.0800. The van der Waals surface area contributed by atoms with Gasteiger partial charge in [0.1, 0.15) is 0 Å². The lowest BCUT2D eigenvalue weighted by molar-refractivity contribution is -0.0469. The van der Waals surface area contributed by atoms with E-state index >= 15 is 0 Å². The summed E-state index contributed by atoms with van der Waals surface area (Å²) >= 11 is 0. The molecule has 0 aliphatic carbocycles.